The Labute approximate surface area is 284 Å². The van der Waals surface area contributed by atoms with E-state index < -0.39 is 8.53 Å². The van der Waals surface area contributed by atoms with Crippen molar-refractivity contribution < 1.29 is 18.6 Å². The summed E-state index contributed by atoms with van der Waals surface area (Å²) in [5, 5.41) is 3.01. The van der Waals surface area contributed by atoms with Crippen LogP contribution >= 0.6 is 8.53 Å². The first-order valence-electron chi connectivity index (χ1n) is 19.2. The van der Waals surface area contributed by atoms with Crippen LogP contribution in [-0.2, 0) is 13.8 Å². The number of nitrogens with one attached hydrogen (secondary N) is 1. The van der Waals surface area contributed by atoms with Gasteiger partial charge in [0.05, 0.1) is 6.61 Å². The van der Waals surface area contributed by atoms with Gasteiger partial charge in [0.2, 0.25) is 0 Å². The lowest BCUT2D eigenvalue weighted by Crippen LogP contribution is -2.51. The number of unbranched alkanes of at least 4 members (excludes halogenated alkanes) is 1. The summed E-state index contributed by atoms with van der Waals surface area (Å²) in [6.07, 6.45) is 18.2. The van der Waals surface area contributed by atoms with Gasteiger partial charge in [-0.2, -0.15) is 0 Å². The number of ether oxygens (including phenoxy) is 1. The van der Waals surface area contributed by atoms with Gasteiger partial charge in [0.15, 0.2) is 0 Å². The molecule has 0 aromatic carbocycles. The van der Waals surface area contributed by atoms with Gasteiger partial charge in [-0.3, -0.25) is 0 Å². The Hall–Kier alpha value is -0.680. The van der Waals surface area contributed by atoms with E-state index in [0.717, 1.165) is 67.6 Å². The molecular weight excluding hydrogens is 591 g/mol. The summed E-state index contributed by atoms with van der Waals surface area (Å²) in [6, 6.07) is 0.727. The Morgan fingerprint density at radius 2 is 1.70 bits per heavy atom. The summed E-state index contributed by atoms with van der Waals surface area (Å²) in [7, 11) is 0.664. The third kappa shape index (κ3) is 8.72. The molecule has 7 heteroatoms. The molecule has 0 aromatic heterocycles. The lowest BCUT2D eigenvalue weighted by Gasteiger charge is -2.58. The lowest BCUT2D eigenvalue weighted by atomic mass is 9.47. The van der Waals surface area contributed by atoms with E-state index in [1.165, 1.54) is 51.4 Å². The van der Waals surface area contributed by atoms with Gasteiger partial charge in [-0.25, -0.2) is 9.46 Å². The molecule has 4 aliphatic rings. The SMILES string of the molecule is COP(OCCCCNC(=O)OC1CC[C@@]2(C)C(=CCC3C2CC[C@@]2(C)C3CC[C@@H]2[C@H](C)CCCC(C)C)C1)N(C(C)C)C(C)C. The lowest BCUT2D eigenvalue weighted by molar-refractivity contribution is -0.0581. The summed E-state index contributed by atoms with van der Waals surface area (Å²) in [4.78, 5) is 12.7. The largest absolute Gasteiger partial charge is 0.446 e. The van der Waals surface area contributed by atoms with E-state index in [0.29, 0.717) is 30.7 Å². The molecule has 266 valence electrons. The molecule has 0 heterocycles. The van der Waals surface area contributed by atoms with Crippen molar-refractivity contribution in [3.63, 3.8) is 0 Å². The molecule has 0 saturated heterocycles. The first-order chi connectivity index (χ1) is 21.8. The normalized spacial score (nSPS) is 33.9. The van der Waals surface area contributed by atoms with Crippen LogP contribution in [0.15, 0.2) is 11.6 Å². The highest BCUT2D eigenvalue weighted by molar-refractivity contribution is 7.44. The van der Waals surface area contributed by atoms with E-state index >= 15 is 0 Å². The number of alkyl carbamates (subject to hydrolysis) is 1. The molecule has 6 nitrogen and oxygen atoms in total. The zero-order valence-electron chi connectivity index (χ0n) is 31.4. The summed E-state index contributed by atoms with van der Waals surface area (Å²) in [5.41, 5.74) is 2.39. The first-order valence-corrected chi connectivity index (χ1v) is 20.3. The van der Waals surface area contributed by atoms with E-state index in [1.54, 1.807) is 12.7 Å². The molecule has 4 rings (SSSR count). The number of nitrogens with zero attached hydrogens (tertiary/aromatic N) is 1. The second kappa shape index (κ2) is 16.8. The minimum absolute atomic E-state index is 0.000995. The second-order valence-electron chi connectivity index (χ2n) is 17.0. The van der Waals surface area contributed by atoms with Crippen molar-refractivity contribution in [3.05, 3.63) is 11.6 Å². The van der Waals surface area contributed by atoms with E-state index in [2.05, 4.69) is 78.4 Å². The number of allylic oxidation sites excluding steroid dienone is 1. The maximum Gasteiger partial charge on any atom is 0.407 e. The molecule has 0 aliphatic heterocycles. The molecule has 0 aromatic rings. The smallest absolute Gasteiger partial charge is 0.407 e. The monoisotopic (exact) mass is 663 g/mol. The quantitative estimate of drug-likeness (QED) is 0.101. The van der Waals surface area contributed by atoms with Crippen LogP contribution < -0.4 is 5.32 Å². The predicted octanol–water partition coefficient (Wildman–Crippen LogP) is 10.9. The average molecular weight is 663 g/mol. The zero-order valence-corrected chi connectivity index (χ0v) is 32.3. The predicted molar refractivity (Wildman–Crippen MR) is 193 cm³/mol. The van der Waals surface area contributed by atoms with Gasteiger partial charge in [-0.05, 0) is 132 Å². The minimum Gasteiger partial charge on any atom is -0.446 e. The van der Waals surface area contributed by atoms with Crippen molar-refractivity contribution in [1.29, 1.82) is 0 Å². The number of carbonyl (C=O) groups is 1. The van der Waals surface area contributed by atoms with Crippen molar-refractivity contribution in [2.75, 3.05) is 20.3 Å². The molecule has 0 radical (unpaired) electrons. The Morgan fingerprint density at radius 3 is 2.37 bits per heavy atom. The molecule has 4 aliphatic carbocycles. The standard InChI is InChI=1S/C39H71N2O4P/c1-27(2)14-13-15-30(7)34-18-19-35-33-17-16-31-26-32(20-22-38(31,8)36(33)21-23-39(34,35)9)45-37(42)40-24-11-12-25-44-46(43-10)41(28(3)4)29(5)6/h16,27-30,32-36H,11-15,17-26H2,1-10H3,(H,40,42)/t30-,32?,33?,34-,35?,36?,38+,39-,46?/m1/s1. The zero-order chi connectivity index (χ0) is 33.6. The Bertz CT molecular complexity index is 994. The van der Waals surface area contributed by atoms with Crippen LogP contribution in [0.1, 0.15) is 146 Å². The van der Waals surface area contributed by atoms with Crippen molar-refractivity contribution in [1.82, 2.24) is 9.99 Å². The Kier molecular flexibility index (Phi) is 13.9. The van der Waals surface area contributed by atoms with Crippen LogP contribution in [0, 0.1) is 46.3 Å². The number of hydrogen-bond acceptors (Lipinski definition) is 5. The second-order valence-corrected chi connectivity index (χ2v) is 18.6. The molecule has 1 amide bonds. The van der Waals surface area contributed by atoms with E-state index in [9.17, 15) is 4.79 Å². The molecule has 0 bridgehead atoms. The average Bonchev–Trinajstić information content (AvgIpc) is 3.35. The van der Waals surface area contributed by atoms with Crippen LogP contribution in [0.2, 0.25) is 0 Å². The fourth-order valence-corrected chi connectivity index (χ4v) is 12.2. The van der Waals surface area contributed by atoms with Crippen molar-refractivity contribution in [2.45, 2.75) is 164 Å². The highest BCUT2D eigenvalue weighted by Gasteiger charge is 2.59. The van der Waals surface area contributed by atoms with E-state index in [1.807, 2.05) is 0 Å². The summed E-state index contributed by atoms with van der Waals surface area (Å²) in [5.74, 6) is 5.10. The summed E-state index contributed by atoms with van der Waals surface area (Å²) in [6.45, 7) is 22.5. The van der Waals surface area contributed by atoms with Crippen molar-refractivity contribution in [2.24, 2.45) is 46.3 Å². The number of amides is 1. The van der Waals surface area contributed by atoms with E-state index in [-0.39, 0.29) is 17.6 Å². The number of hydrogen-bond donors (Lipinski definition) is 1. The summed E-state index contributed by atoms with van der Waals surface area (Å²) < 4.78 is 20.0. The van der Waals surface area contributed by atoms with Gasteiger partial charge in [-0.15, -0.1) is 0 Å². The minimum atomic E-state index is -1.06. The Morgan fingerprint density at radius 1 is 0.957 bits per heavy atom. The molecule has 9 atom stereocenters. The van der Waals surface area contributed by atoms with Crippen LogP contribution in [-0.4, -0.2) is 49.2 Å². The number of rotatable bonds is 16. The maximum absolute atomic E-state index is 12.7. The number of fused-ring (bicyclic) bond motifs is 5. The topological polar surface area (TPSA) is 60.0 Å². The molecule has 1 N–H and O–H groups in total. The Balaban J connectivity index is 1.22. The van der Waals surface area contributed by atoms with Crippen LogP contribution in [0.25, 0.3) is 0 Å². The maximum atomic E-state index is 12.7. The van der Waals surface area contributed by atoms with Crippen molar-refractivity contribution >= 4 is 14.6 Å². The molecule has 3 fully saturated rings. The highest BCUT2D eigenvalue weighted by Crippen LogP contribution is 2.67. The first kappa shape index (κ1) is 38.1. The van der Waals surface area contributed by atoms with Gasteiger partial charge in [0, 0.05) is 32.2 Å². The third-order valence-corrected chi connectivity index (χ3v) is 15.0. The molecule has 3 saturated carbocycles. The fourth-order valence-electron chi connectivity index (χ4n) is 10.7. The van der Waals surface area contributed by atoms with Gasteiger partial charge < -0.3 is 19.1 Å². The summed E-state index contributed by atoms with van der Waals surface area (Å²) >= 11 is 0. The van der Waals surface area contributed by atoms with Crippen LogP contribution in [0.4, 0.5) is 4.79 Å². The third-order valence-electron chi connectivity index (χ3n) is 13.0. The molecule has 46 heavy (non-hydrogen) atoms. The van der Waals surface area contributed by atoms with Gasteiger partial charge in [0.25, 0.3) is 8.53 Å². The molecule has 5 unspecified atom stereocenters. The molecule has 0 spiro atoms. The van der Waals surface area contributed by atoms with Gasteiger partial charge >= 0.3 is 6.09 Å². The number of carbonyl (C=O) groups excluding carboxylic acids is 1. The van der Waals surface area contributed by atoms with Crippen molar-refractivity contribution in [3.8, 4) is 0 Å². The fraction of sp³-hybridized carbons (Fsp3) is 0.923. The van der Waals surface area contributed by atoms with Crippen LogP contribution in [0.5, 0.6) is 0 Å². The van der Waals surface area contributed by atoms with Gasteiger partial charge in [0.1, 0.15) is 6.10 Å². The molecular formula is C39H71N2O4P. The van der Waals surface area contributed by atoms with Crippen LogP contribution in [0.3, 0.4) is 0 Å². The van der Waals surface area contributed by atoms with E-state index in [4.69, 9.17) is 13.8 Å². The van der Waals surface area contributed by atoms with Gasteiger partial charge in [-0.1, -0.05) is 65.5 Å². The highest BCUT2D eigenvalue weighted by atomic mass is 31.2.